The van der Waals surface area contributed by atoms with Gasteiger partial charge in [-0.1, -0.05) is 26.8 Å². The number of benzene rings is 1. The number of aromatic carboxylic acids is 1. The zero-order chi connectivity index (χ0) is 15.1. The number of hydrogen-bond acceptors (Lipinski definition) is 4. The van der Waals surface area contributed by atoms with Crippen molar-refractivity contribution in [3.63, 3.8) is 0 Å². The Labute approximate surface area is 124 Å². The van der Waals surface area contributed by atoms with Crippen LogP contribution in [0.5, 0.6) is 0 Å². The normalized spacial score (nSPS) is 12.4. The van der Waals surface area contributed by atoms with E-state index in [9.17, 15) is 9.90 Å². The Bertz CT molecular complexity index is 449. The van der Waals surface area contributed by atoms with Crippen molar-refractivity contribution < 1.29 is 15.0 Å². The molecule has 0 aliphatic rings. The molecule has 1 aromatic carbocycles. The topological polar surface area (TPSA) is 69.6 Å². The highest BCUT2D eigenvalue weighted by atomic mass is 32.2. The molecule has 20 heavy (non-hydrogen) atoms. The van der Waals surface area contributed by atoms with E-state index in [1.807, 2.05) is 19.1 Å². The lowest BCUT2D eigenvalue weighted by atomic mass is 10.00. The van der Waals surface area contributed by atoms with E-state index < -0.39 is 5.97 Å². The molecule has 0 heterocycles. The minimum Gasteiger partial charge on any atom is -0.478 e. The molecule has 1 aromatic rings. The Morgan fingerprint density at radius 3 is 2.60 bits per heavy atom. The van der Waals surface area contributed by atoms with E-state index in [2.05, 4.69) is 19.2 Å². The molecule has 0 aliphatic heterocycles. The van der Waals surface area contributed by atoms with Gasteiger partial charge in [-0.25, -0.2) is 4.79 Å². The van der Waals surface area contributed by atoms with Crippen molar-refractivity contribution in [3.05, 3.63) is 23.8 Å². The third-order valence-corrected chi connectivity index (χ3v) is 4.07. The Hall–Kier alpha value is -1.20. The molecule has 0 fully saturated rings. The van der Waals surface area contributed by atoms with Gasteiger partial charge in [0, 0.05) is 17.5 Å². The van der Waals surface area contributed by atoms with E-state index in [1.165, 1.54) is 11.8 Å². The summed E-state index contributed by atoms with van der Waals surface area (Å²) in [4.78, 5) is 12.3. The summed E-state index contributed by atoms with van der Waals surface area (Å²) < 4.78 is 0. The van der Waals surface area contributed by atoms with Crippen LogP contribution in [0, 0.1) is 5.92 Å². The monoisotopic (exact) mass is 297 g/mol. The molecule has 0 aliphatic carbocycles. The smallest absolute Gasteiger partial charge is 0.338 e. The molecule has 3 N–H and O–H groups in total. The lowest BCUT2D eigenvalue weighted by molar-refractivity contribution is 0.0694. The van der Waals surface area contributed by atoms with Gasteiger partial charge in [0.2, 0.25) is 0 Å². The zero-order valence-electron chi connectivity index (χ0n) is 12.2. The molecule has 5 heteroatoms. The van der Waals surface area contributed by atoms with Crippen LogP contribution in [0.25, 0.3) is 0 Å². The summed E-state index contributed by atoms with van der Waals surface area (Å²) in [7, 11) is 0. The van der Waals surface area contributed by atoms with E-state index in [0.717, 1.165) is 10.6 Å². The highest BCUT2D eigenvalue weighted by Crippen LogP contribution is 2.30. The van der Waals surface area contributed by atoms with Gasteiger partial charge >= 0.3 is 5.97 Å². The highest BCUT2D eigenvalue weighted by Gasteiger charge is 2.19. The fraction of sp³-hybridized carbons (Fsp3) is 0.533. The summed E-state index contributed by atoms with van der Waals surface area (Å²) in [5.41, 5.74) is 0.950. The molecule has 0 amide bonds. The fourth-order valence-corrected chi connectivity index (χ4v) is 2.89. The van der Waals surface area contributed by atoms with Crippen LogP contribution >= 0.6 is 11.8 Å². The van der Waals surface area contributed by atoms with Gasteiger partial charge < -0.3 is 15.5 Å². The van der Waals surface area contributed by atoms with Gasteiger partial charge in [-0.3, -0.25) is 0 Å². The van der Waals surface area contributed by atoms with E-state index in [1.54, 1.807) is 6.07 Å². The van der Waals surface area contributed by atoms with Gasteiger partial charge in [-0.2, -0.15) is 0 Å². The minimum absolute atomic E-state index is 0.0555. The van der Waals surface area contributed by atoms with Crippen LogP contribution < -0.4 is 5.32 Å². The van der Waals surface area contributed by atoms with Crippen molar-refractivity contribution in [3.8, 4) is 0 Å². The predicted octanol–water partition coefficient (Wildman–Crippen LogP) is 3.32. The third-order valence-electron chi connectivity index (χ3n) is 3.13. The Morgan fingerprint density at radius 2 is 2.10 bits per heavy atom. The Balaban J connectivity index is 3.09. The van der Waals surface area contributed by atoms with Crippen LogP contribution in [0.15, 0.2) is 23.1 Å². The molecule has 112 valence electrons. The zero-order valence-corrected chi connectivity index (χ0v) is 13.0. The van der Waals surface area contributed by atoms with E-state index in [0.29, 0.717) is 23.6 Å². The summed E-state index contributed by atoms with van der Waals surface area (Å²) in [5.74, 6) is 0.218. The number of hydrogen-bond donors (Lipinski definition) is 3. The number of nitrogens with one attached hydrogen (secondary N) is 1. The Morgan fingerprint density at radius 1 is 1.40 bits per heavy atom. The number of carbonyl (C=O) groups is 1. The largest absolute Gasteiger partial charge is 0.478 e. The van der Waals surface area contributed by atoms with Crippen molar-refractivity contribution in [1.29, 1.82) is 0 Å². The molecule has 0 saturated heterocycles. The second-order valence-corrected chi connectivity index (χ2v) is 6.23. The number of rotatable bonds is 8. The molecular weight excluding hydrogens is 274 g/mol. The molecule has 0 saturated carbocycles. The lowest BCUT2D eigenvalue weighted by Crippen LogP contribution is -2.27. The first-order valence-corrected chi connectivity index (χ1v) is 7.86. The van der Waals surface area contributed by atoms with E-state index in [-0.39, 0.29) is 12.6 Å². The van der Waals surface area contributed by atoms with Crippen molar-refractivity contribution >= 4 is 23.4 Å². The maximum Gasteiger partial charge on any atom is 0.338 e. The van der Waals surface area contributed by atoms with E-state index in [4.69, 9.17) is 5.11 Å². The number of aliphatic hydroxyl groups is 1. The average Bonchev–Trinajstić information content (AvgIpc) is 2.38. The highest BCUT2D eigenvalue weighted by molar-refractivity contribution is 7.99. The standard InChI is InChI=1S/C15H23NO3S/c1-4-20-13-7-5-6-12(14(13)15(18)19)16-11(8-9-17)10(2)3/h5-7,10-11,16-17H,4,8-9H2,1-3H3,(H,18,19). The second kappa shape index (κ2) is 8.17. The first kappa shape index (κ1) is 16.9. The number of aliphatic hydroxyl groups excluding tert-OH is 1. The van der Waals surface area contributed by atoms with Gasteiger partial charge in [0.1, 0.15) is 0 Å². The van der Waals surface area contributed by atoms with Gasteiger partial charge in [0.15, 0.2) is 0 Å². The number of anilines is 1. The minimum atomic E-state index is -0.921. The molecule has 0 bridgehead atoms. The summed E-state index contributed by atoms with van der Waals surface area (Å²) >= 11 is 1.52. The van der Waals surface area contributed by atoms with Crippen LogP contribution in [-0.2, 0) is 0 Å². The maximum absolute atomic E-state index is 11.5. The lowest BCUT2D eigenvalue weighted by Gasteiger charge is -2.24. The summed E-state index contributed by atoms with van der Waals surface area (Å²) in [6, 6.07) is 5.54. The van der Waals surface area contributed by atoms with Gasteiger partial charge in [0.25, 0.3) is 0 Å². The maximum atomic E-state index is 11.5. The Kier molecular flexibility index (Phi) is 6.88. The average molecular weight is 297 g/mol. The van der Waals surface area contributed by atoms with Crippen molar-refractivity contribution in [1.82, 2.24) is 0 Å². The van der Waals surface area contributed by atoms with Crippen molar-refractivity contribution in [2.75, 3.05) is 17.7 Å². The van der Waals surface area contributed by atoms with Gasteiger partial charge in [-0.15, -0.1) is 11.8 Å². The first-order chi connectivity index (χ1) is 9.51. The van der Waals surface area contributed by atoms with Crippen molar-refractivity contribution in [2.24, 2.45) is 5.92 Å². The summed E-state index contributed by atoms with van der Waals surface area (Å²) in [6.45, 7) is 6.19. The molecule has 4 nitrogen and oxygen atoms in total. The van der Waals surface area contributed by atoms with Crippen LogP contribution in [0.1, 0.15) is 37.6 Å². The molecule has 0 spiro atoms. The predicted molar refractivity (Wildman–Crippen MR) is 83.8 cm³/mol. The number of carboxylic acid groups (broad SMARTS) is 1. The van der Waals surface area contributed by atoms with Crippen LogP contribution in [-0.4, -0.2) is 34.6 Å². The summed E-state index contributed by atoms with van der Waals surface area (Å²) in [5, 5.41) is 21.8. The first-order valence-electron chi connectivity index (χ1n) is 6.87. The van der Waals surface area contributed by atoms with Crippen LogP contribution in [0.4, 0.5) is 5.69 Å². The van der Waals surface area contributed by atoms with Crippen molar-refractivity contribution in [2.45, 2.75) is 38.1 Å². The quantitative estimate of drug-likeness (QED) is 0.642. The van der Waals surface area contributed by atoms with Crippen LogP contribution in [0.3, 0.4) is 0 Å². The molecular formula is C15H23NO3S. The molecule has 0 aromatic heterocycles. The number of thioether (sulfide) groups is 1. The van der Waals surface area contributed by atoms with E-state index >= 15 is 0 Å². The molecule has 0 radical (unpaired) electrons. The van der Waals surface area contributed by atoms with Crippen LogP contribution in [0.2, 0.25) is 0 Å². The SMILES string of the molecule is CCSc1cccc(NC(CCO)C(C)C)c1C(=O)O. The molecule has 1 unspecified atom stereocenters. The third kappa shape index (κ3) is 4.42. The number of carboxylic acids is 1. The molecule has 1 rings (SSSR count). The second-order valence-electron chi connectivity index (χ2n) is 4.92. The van der Waals surface area contributed by atoms with Gasteiger partial charge in [-0.05, 0) is 30.2 Å². The van der Waals surface area contributed by atoms with Gasteiger partial charge in [0.05, 0.1) is 11.3 Å². The summed E-state index contributed by atoms with van der Waals surface area (Å²) in [6.07, 6.45) is 0.599. The molecule has 1 atom stereocenters. The fourth-order valence-electron chi connectivity index (χ4n) is 2.06.